The van der Waals surface area contributed by atoms with Gasteiger partial charge < -0.3 is 0 Å². The first-order chi connectivity index (χ1) is 11.1. The van der Waals surface area contributed by atoms with E-state index in [1.807, 2.05) is 6.07 Å². The van der Waals surface area contributed by atoms with Gasteiger partial charge in [-0.1, -0.05) is 12.1 Å². The maximum atomic E-state index is 12.3. The van der Waals surface area contributed by atoms with Crippen molar-refractivity contribution in [3.8, 4) is 0 Å². The summed E-state index contributed by atoms with van der Waals surface area (Å²) < 4.78 is 3.16. The van der Waals surface area contributed by atoms with E-state index in [1.54, 1.807) is 18.2 Å². The largest absolute Gasteiger partial charge is 0.299 e. The Kier molecular flexibility index (Phi) is 4.29. The molecule has 0 spiro atoms. The Morgan fingerprint density at radius 1 is 1.30 bits per heavy atom. The minimum Gasteiger partial charge on any atom is -0.299 e. The fourth-order valence-corrected chi connectivity index (χ4v) is 2.34. The third-order valence-corrected chi connectivity index (χ3v) is 3.62. The standard InChI is InChI=1S/C14H14N6O2S/c21-12(18-20-9-16-17-14(20)23)6-3-7-19-8-15-11-5-2-1-4-10(11)13(19)22/h1-2,4-5,8-9H,3,6-7H2,(H,17,23)(H,18,21). The summed E-state index contributed by atoms with van der Waals surface area (Å²) in [5.41, 5.74) is 3.16. The molecule has 0 aliphatic carbocycles. The molecule has 0 atom stereocenters. The molecule has 0 saturated carbocycles. The van der Waals surface area contributed by atoms with Crippen molar-refractivity contribution >= 4 is 29.0 Å². The number of H-pyrrole nitrogens is 1. The zero-order valence-corrected chi connectivity index (χ0v) is 12.9. The van der Waals surface area contributed by atoms with Gasteiger partial charge in [-0.2, -0.15) is 5.10 Å². The highest BCUT2D eigenvalue weighted by Crippen LogP contribution is 2.05. The van der Waals surface area contributed by atoms with Gasteiger partial charge in [0.05, 0.1) is 17.2 Å². The molecule has 2 heterocycles. The number of rotatable bonds is 5. The van der Waals surface area contributed by atoms with Crippen molar-refractivity contribution < 1.29 is 4.79 Å². The highest BCUT2D eigenvalue weighted by atomic mass is 32.1. The fraction of sp³-hybridized carbons (Fsp3) is 0.214. The quantitative estimate of drug-likeness (QED) is 0.685. The van der Waals surface area contributed by atoms with Crippen LogP contribution in [0.3, 0.4) is 0 Å². The summed E-state index contributed by atoms with van der Waals surface area (Å²) in [6.07, 6.45) is 3.66. The van der Waals surface area contributed by atoms with Crippen molar-refractivity contribution in [1.82, 2.24) is 24.4 Å². The minimum atomic E-state index is -0.204. The second kappa shape index (κ2) is 6.53. The molecule has 0 unspecified atom stereocenters. The molecule has 0 aliphatic heterocycles. The number of para-hydroxylation sites is 1. The van der Waals surface area contributed by atoms with E-state index < -0.39 is 0 Å². The van der Waals surface area contributed by atoms with E-state index in [4.69, 9.17) is 12.2 Å². The van der Waals surface area contributed by atoms with Gasteiger partial charge in [-0.25, -0.2) is 9.66 Å². The molecule has 118 valence electrons. The number of aromatic nitrogens is 5. The van der Waals surface area contributed by atoms with E-state index in [0.29, 0.717) is 28.6 Å². The summed E-state index contributed by atoms with van der Waals surface area (Å²) in [5.74, 6) is -0.204. The summed E-state index contributed by atoms with van der Waals surface area (Å²) in [4.78, 5) is 28.4. The summed E-state index contributed by atoms with van der Waals surface area (Å²) in [5, 5.41) is 6.82. The van der Waals surface area contributed by atoms with Crippen molar-refractivity contribution in [2.75, 3.05) is 5.43 Å². The first-order valence-corrected chi connectivity index (χ1v) is 7.42. The Morgan fingerprint density at radius 3 is 2.91 bits per heavy atom. The van der Waals surface area contributed by atoms with Crippen LogP contribution in [0.5, 0.6) is 0 Å². The normalized spacial score (nSPS) is 10.8. The molecule has 0 radical (unpaired) electrons. The van der Waals surface area contributed by atoms with E-state index in [0.717, 1.165) is 0 Å². The van der Waals surface area contributed by atoms with E-state index in [1.165, 1.54) is 21.9 Å². The summed E-state index contributed by atoms with van der Waals surface area (Å²) in [6, 6.07) is 7.18. The van der Waals surface area contributed by atoms with Crippen LogP contribution >= 0.6 is 12.2 Å². The molecule has 8 nitrogen and oxygen atoms in total. The van der Waals surface area contributed by atoms with Crippen molar-refractivity contribution in [2.24, 2.45) is 0 Å². The highest BCUT2D eigenvalue weighted by Gasteiger charge is 2.06. The van der Waals surface area contributed by atoms with Crippen LogP contribution in [0.1, 0.15) is 12.8 Å². The molecule has 23 heavy (non-hydrogen) atoms. The lowest BCUT2D eigenvalue weighted by Gasteiger charge is -2.07. The predicted octanol–water partition coefficient (Wildman–Crippen LogP) is 1.20. The number of fused-ring (bicyclic) bond motifs is 1. The van der Waals surface area contributed by atoms with Gasteiger partial charge in [-0.15, -0.1) is 0 Å². The third kappa shape index (κ3) is 3.34. The van der Waals surface area contributed by atoms with Crippen molar-refractivity contribution in [1.29, 1.82) is 0 Å². The molecule has 0 fully saturated rings. The Morgan fingerprint density at radius 2 is 2.13 bits per heavy atom. The minimum absolute atomic E-state index is 0.104. The molecule has 1 amide bonds. The topological polar surface area (TPSA) is 97.6 Å². The molecular weight excluding hydrogens is 316 g/mol. The van der Waals surface area contributed by atoms with Crippen LogP contribution in [0.25, 0.3) is 10.9 Å². The van der Waals surface area contributed by atoms with Gasteiger partial charge in [0.25, 0.3) is 5.56 Å². The average molecular weight is 330 g/mol. The molecule has 9 heteroatoms. The summed E-state index contributed by atoms with van der Waals surface area (Å²) >= 11 is 4.93. The monoisotopic (exact) mass is 330 g/mol. The van der Waals surface area contributed by atoms with Crippen LogP contribution in [0.2, 0.25) is 0 Å². The zero-order chi connectivity index (χ0) is 16.2. The zero-order valence-electron chi connectivity index (χ0n) is 12.1. The molecule has 2 aromatic heterocycles. The maximum absolute atomic E-state index is 12.3. The Labute approximate surface area is 135 Å². The number of hydrogen-bond donors (Lipinski definition) is 2. The second-order valence-electron chi connectivity index (χ2n) is 4.93. The number of nitrogens with zero attached hydrogens (tertiary/aromatic N) is 4. The smallest absolute Gasteiger partial charge is 0.261 e. The molecule has 3 aromatic rings. The molecule has 1 aromatic carbocycles. The lowest BCUT2D eigenvalue weighted by molar-refractivity contribution is -0.117. The number of aromatic amines is 1. The molecular formula is C14H14N6O2S. The Hall–Kier alpha value is -2.81. The van der Waals surface area contributed by atoms with Gasteiger partial charge in [0, 0.05) is 13.0 Å². The number of carbonyl (C=O) groups excluding carboxylic acids is 1. The molecule has 3 rings (SSSR count). The number of aryl methyl sites for hydroxylation is 1. The number of nitrogens with one attached hydrogen (secondary N) is 2. The second-order valence-corrected chi connectivity index (χ2v) is 5.32. The van der Waals surface area contributed by atoms with Crippen LogP contribution in [0.15, 0.2) is 41.7 Å². The van der Waals surface area contributed by atoms with Gasteiger partial charge in [0.1, 0.15) is 6.33 Å². The van der Waals surface area contributed by atoms with E-state index in [-0.39, 0.29) is 17.9 Å². The van der Waals surface area contributed by atoms with Crippen LogP contribution in [0.4, 0.5) is 0 Å². The number of amides is 1. The van der Waals surface area contributed by atoms with Gasteiger partial charge in [-0.3, -0.25) is 24.7 Å². The molecule has 0 bridgehead atoms. The van der Waals surface area contributed by atoms with Crippen LogP contribution in [0, 0.1) is 4.77 Å². The van der Waals surface area contributed by atoms with Gasteiger partial charge in [0.15, 0.2) is 0 Å². The van der Waals surface area contributed by atoms with Crippen LogP contribution in [-0.4, -0.2) is 30.3 Å². The first kappa shape index (κ1) is 15.1. The van der Waals surface area contributed by atoms with Crippen LogP contribution in [-0.2, 0) is 11.3 Å². The number of benzene rings is 1. The van der Waals surface area contributed by atoms with Crippen molar-refractivity contribution in [2.45, 2.75) is 19.4 Å². The third-order valence-electron chi connectivity index (χ3n) is 3.33. The van der Waals surface area contributed by atoms with E-state index >= 15 is 0 Å². The average Bonchev–Trinajstić information content (AvgIpc) is 2.95. The Bertz CT molecular complexity index is 957. The van der Waals surface area contributed by atoms with Gasteiger partial charge in [-0.05, 0) is 30.8 Å². The van der Waals surface area contributed by atoms with Crippen molar-refractivity contribution in [3.05, 3.63) is 52.0 Å². The van der Waals surface area contributed by atoms with Gasteiger partial charge in [0.2, 0.25) is 10.7 Å². The van der Waals surface area contributed by atoms with Crippen molar-refractivity contribution in [3.63, 3.8) is 0 Å². The fourth-order valence-electron chi connectivity index (χ4n) is 2.19. The number of carbonyl (C=O) groups is 1. The maximum Gasteiger partial charge on any atom is 0.261 e. The Balaban J connectivity index is 1.62. The first-order valence-electron chi connectivity index (χ1n) is 7.01. The number of hydrogen-bond acceptors (Lipinski definition) is 5. The van der Waals surface area contributed by atoms with E-state index in [9.17, 15) is 9.59 Å². The summed E-state index contributed by atoms with van der Waals surface area (Å²) in [7, 11) is 0. The molecule has 0 aliphatic rings. The van der Waals surface area contributed by atoms with E-state index in [2.05, 4.69) is 20.6 Å². The predicted molar refractivity (Wildman–Crippen MR) is 87.0 cm³/mol. The highest BCUT2D eigenvalue weighted by molar-refractivity contribution is 7.71. The van der Waals surface area contributed by atoms with Crippen LogP contribution < -0.4 is 11.0 Å². The SMILES string of the molecule is O=C(CCCn1cnc2ccccc2c1=O)Nn1cn[nH]c1=S. The lowest BCUT2D eigenvalue weighted by atomic mass is 10.2. The van der Waals surface area contributed by atoms with Gasteiger partial charge >= 0.3 is 0 Å². The lowest BCUT2D eigenvalue weighted by Crippen LogP contribution is -2.24. The molecule has 0 saturated heterocycles. The molecule has 2 N–H and O–H groups in total. The summed E-state index contributed by atoms with van der Waals surface area (Å²) in [6.45, 7) is 0.418.